The van der Waals surface area contributed by atoms with Crippen LogP contribution in [0, 0.1) is 11.8 Å². The van der Waals surface area contributed by atoms with Gasteiger partial charge >= 0.3 is 0 Å². The van der Waals surface area contributed by atoms with Gasteiger partial charge in [-0.25, -0.2) is 8.78 Å². The molecule has 86 valence electrons. The molecule has 4 heteroatoms. The molecule has 1 aromatic carbocycles. The molecule has 0 radical (unpaired) electrons. The molecule has 1 rings (SSSR count). The standard InChI is InChI=1S/C12H13F2NO/c13-12(14,10-16)9-15-8-4-7-11-5-2-1-3-6-11/h1-3,5-6,15-16H,8-10H2. The van der Waals surface area contributed by atoms with E-state index in [0.717, 1.165) is 5.56 Å². The molecule has 0 aliphatic carbocycles. The molecule has 2 N–H and O–H groups in total. The van der Waals surface area contributed by atoms with Crippen molar-refractivity contribution in [2.24, 2.45) is 0 Å². The monoisotopic (exact) mass is 225 g/mol. The highest BCUT2D eigenvalue weighted by molar-refractivity contribution is 5.33. The van der Waals surface area contributed by atoms with Gasteiger partial charge in [0.05, 0.1) is 13.1 Å². The van der Waals surface area contributed by atoms with Gasteiger partial charge in [-0.15, -0.1) is 0 Å². The molecule has 0 spiro atoms. The molecule has 0 atom stereocenters. The predicted molar refractivity (Wildman–Crippen MR) is 58.2 cm³/mol. The smallest absolute Gasteiger partial charge is 0.282 e. The van der Waals surface area contributed by atoms with Crippen LogP contribution in [0.3, 0.4) is 0 Å². The van der Waals surface area contributed by atoms with Gasteiger partial charge in [0.25, 0.3) is 5.92 Å². The summed E-state index contributed by atoms with van der Waals surface area (Å²) in [7, 11) is 0. The van der Waals surface area contributed by atoms with Crippen LogP contribution < -0.4 is 5.32 Å². The van der Waals surface area contributed by atoms with Crippen LogP contribution in [-0.4, -0.2) is 30.7 Å². The van der Waals surface area contributed by atoms with Gasteiger partial charge in [-0.2, -0.15) is 0 Å². The molecule has 0 aliphatic rings. The van der Waals surface area contributed by atoms with E-state index < -0.39 is 19.1 Å². The first-order valence-electron chi connectivity index (χ1n) is 4.87. The Balaban J connectivity index is 2.29. The molecule has 0 amide bonds. The minimum Gasteiger partial charge on any atom is -0.390 e. The average molecular weight is 225 g/mol. The molecule has 0 heterocycles. The fourth-order valence-electron chi connectivity index (χ4n) is 1.03. The number of benzene rings is 1. The second kappa shape index (κ2) is 6.21. The predicted octanol–water partition coefficient (Wildman–Crippen LogP) is 1.26. The number of nitrogens with one attached hydrogen (secondary N) is 1. The second-order valence-electron chi connectivity index (χ2n) is 3.29. The van der Waals surface area contributed by atoms with Gasteiger partial charge in [-0.1, -0.05) is 30.0 Å². The van der Waals surface area contributed by atoms with Crippen LogP contribution in [0.25, 0.3) is 0 Å². The van der Waals surface area contributed by atoms with Gasteiger partial charge in [0.1, 0.15) is 6.61 Å². The Morgan fingerprint density at radius 1 is 1.25 bits per heavy atom. The van der Waals surface area contributed by atoms with E-state index in [1.807, 2.05) is 30.3 Å². The summed E-state index contributed by atoms with van der Waals surface area (Å²) in [5.74, 6) is 2.48. The number of rotatable bonds is 4. The minimum atomic E-state index is -3.07. The SMILES string of the molecule is OCC(F)(F)CNCC#Cc1ccccc1. The third-order valence-corrected chi connectivity index (χ3v) is 1.83. The summed E-state index contributed by atoms with van der Waals surface area (Å²) in [6.07, 6.45) is 0. The van der Waals surface area contributed by atoms with Crippen molar-refractivity contribution in [2.45, 2.75) is 5.92 Å². The lowest BCUT2D eigenvalue weighted by molar-refractivity contribution is -0.0468. The van der Waals surface area contributed by atoms with Crippen molar-refractivity contribution in [3.63, 3.8) is 0 Å². The Hall–Kier alpha value is -1.44. The number of alkyl halides is 2. The van der Waals surface area contributed by atoms with Gasteiger partial charge in [-0.05, 0) is 12.1 Å². The summed E-state index contributed by atoms with van der Waals surface area (Å²) in [6, 6.07) is 9.28. The fourth-order valence-corrected chi connectivity index (χ4v) is 1.03. The molecule has 0 saturated carbocycles. The lowest BCUT2D eigenvalue weighted by Gasteiger charge is -2.11. The summed E-state index contributed by atoms with van der Waals surface area (Å²) >= 11 is 0. The Kier molecular flexibility index (Phi) is 4.90. The normalized spacial score (nSPS) is 10.7. The van der Waals surface area contributed by atoms with Gasteiger partial charge in [0.15, 0.2) is 0 Å². The van der Waals surface area contributed by atoms with Crippen molar-refractivity contribution >= 4 is 0 Å². The lowest BCUT2D eigenvalue weighted by Crippen LogP contribution is -2.35. The zero-order chi connectivity index (χ0) is 11.9. The van der Waals surface area contributed by atoms with Crippen LogP contribution in [0.1, 0.15) is 5.56 Å². The zero-order valence-electron chi connectivity index (χ0n) is 8.71. The molecule has 0 unspecified atom stereocenters. The summed E-state index contributed by atoms with van der Waals surface area (Å²) in [5.41, 5.74) is 0.846. The molecule has 16 heavy (non-hydrogen) atoms. The molecule has 0 aromatic heterocycles. The first kappa shape index (κ1) is 12.6. The maximum absolute atomic E-state index is 12.5. The Morgan fingerprint density at radius 3 is 2.56 bits per heavy atom. The van der Waals surface area contributed by atoms with Crippen LogP contribution in [-0.2, 0) is 0 Å². The molecule has 0 fully saturated rings. The van der Waals surface area contributed by atoms with E-state index in [9.17, 15) is 8.78 Å². The topological polar surface area (TPSA) is 32.3 Å². The highest BCUT2D eigenvalue weighted by Gasteiger charge is 2.26. The summed E-state index contributed by atoms with van der Waals surface area (Å²) in [4.78, 5) is 0. The Labute approximate surface area is 93.3 Å². The van der Waals surface area contributed by atoms with E-state index in [-0.39, 0.29) is 6.54 Å². The first-order chi connectivity index (χ1) is 7.64. The first-order valence-corrected chi connectivity index (χ1v) is 4.87. The molecular weight excluding hydrogens is 212 g/mol. The van der Waals surface area contributed by atoms with Gasteiger partial charge in [0.2, 0.25) is 0 Å². The van der Waals surface area contributed by atoms with E-state index in [2.05, 4.69) is 17.2 Å². The van der Waals surface area contributed by atoms with Crippen LogP contribution in [0.5, 0.6) is 0 Å². The van der Waals surface area contributed by atoms with Crippen LogP contribution >= 0.6 is 0 Å². The minimum absolute atomic E-state index is 0.171. The van der Waals surface area contributed by atoms with E-state index >= 15 is 0 Å². The van der Waals surface area contributed by atoms with Crippen molar-refractivity contribution in [3.8, 4) is 11.8 Å². The highest BCUT2D eigenvalue weighted by atomic mass is 19.3. The van der Waals surface area contributed by atoms with E-state index in [0.29, 0.717) is 0 Å². The van der Waals surface area contributed by atoms with Crippen molar-refractivity contribution in [1.29, 1.82) is 0 Å². The van der Waals surface area contributed by atoms with Crippen molar-refractivity contribution in [1.82, 2.24) is 5.32 Å². The number of hydrogen-bond donors (Lipinski definition) is 2. The van der Waals surface area contributed by atoms with E-state index in [4.69, 9.17) is 5.11 Å². The summed E-state index contributed by atoms with van der Waals surface area (Å²) in [5, 5.41) is 10.8. The van der Waals surface area contributed by atoms with Crippen molar-refractivity contribution in [3.05, 3.63) is 35.9 Å². The second-order valence-corrected chi connectivity index (χ2v) is 3.29. The highest BCUT2D eigenvalue weighted by Crippen LogP contribution is 2.09. The number of halogens is 2. The third kappa shape index (κ3) is 4.87. The third-order valence-electron chi connectivity index (χ3n) is 1.83. The number of aliphatic hydroxyl groups excluding tert-OH is 1. The molecule has 1 aromatic rings. The Bertz CT molecular complexity index is 368. The molecule has 2 nitrogen and oxygen atoms in total. The van der Waals surface area contributed by atoms with E-state index in [1.165, 1.54) is 0 Å². The average Bonchev–Trinajstić information content (AvgIpc) is 2.30. The summed E-state index contributed by atoms with van der Waals surface area (Å²) in [6.45, 7) is -1.54. The van der Waals surface area contributed by atoms with Gasteiger partial charge in [0, 0.05) is 5.56 Å². The summed E-state index contributed by atoms with van der Waals surface area (Å²) < 4.78 is 25.1. The number of hydrogen-bond acceptors (Lipinski definition) is 2. The number of aliphatic hydroxyl groups is 1. The van der Waals surface area contributed by atoms with Gasteiger partial charge in [-0.3, -0.25) is 0 Å². The zero-order valence-corrected chi connectivity index (χ0v) is 8.71. The quantitative estimate of drug-likeness (QED) is 0.597. The largest absolute Gasteiger partial charge is 0.390 e. The Morgan fingerprint density at radius 2 is 1.94 bits per heavy atom. The van der Waals surface area contributed by atoms with Gasteiger partial charge < -0.3 is 10.4 Å². The van der Waals surface area contributed by atoms with Crippen LogP contribution in [0.2, 0.25) is 0 Å². The maximum Gasteiger partial charge on any atom is 0.282 e. The molecule has 0 saturated heterocycles. The van der Waals surface area contributed by atoms with E-state index in [1.54, 1.807) is 0 Å². The van der Waals surface area contributed by atoms with Crippen LogP contribution in [0.4, 0.5) is 8.78 Å². The maximum atomic E-state index is 12.5. The molecule has 0 bridgehead atoms. The van der Waals surface area contributed by atoms with Crippen molar-refractivity contribution < 1.29 is 13.9 Å². The van der Waals surface area contributed by atoms with Crippen molar-refractivity contribution in [2.75, 3.05) is 19.7 Å². The van der Waals surface area contributed by atoms with Crippen LogP contribution in [0.15, 0.2) is 30.3 Å². The molecule has 0 aliphatic heterocycles. The molecular formula is C12H13F2NO. The lowest BCUT2D eigenvalue weighted by atomic mass is 10.2. The fraction of sp³-hybridized carbons (Fsp3) is 0.333.